The SMILES string of the molecule is N#Cc1c(-c2cc(C(F)(F)F)ccc2Cl)cc(-c2cc(Cl)cc(CCNC(=O)c3ccoc3)c2O)[nH]c1=O. The number of halogens is 5. The van der Waals surface area contributed by atoms with Gasteiger partial charge < -0.3 is 19.8 Å². The number of hydrogen-bond donors (Lipinski definition) is 3. The van der Waals surface area contributed by atoms with Crippen LogP contribution in [-0.2, 0) is 12.6 Å². The first kappa shape index (κ1) is 26.9. The number of hydrogen-bond acceptors (Lipinski definition) is 5. The van der Waals surface area contributed by atoms with Crippen LogP contribution in [-0.4, -0.2) is 22.5 Å². The lowest BCUT2D eigenvalue weighted by atomic mass is 9.96. The molecule has 0 radical (unpaired) electrons. The highest BCUT2D eigenvalue weighted by Gasteiger charge is 2.31. The molecule has 7 nitrogen and oxygen atoms in total. The molecule has 1 amide bonds. The van der Waals surface area contributed by atoms with Gasteiger partial charge in [0, 0.05) is 33.3 Å². The number of phenolic OH excluding ortho intramolecular Hbond substituents is 1. The van der Waals surface area contributed by atoms with Crippen molar-refractivity contribution in [2.24, 2.45) is 0 Å². The van der Waals surface area contributed by atoms with Crippen LogP contribution >= 0.6 is 23.2 Å². The van der Waals surface area contributed by atoms with E-state index in [2.05, 4.69) is 10.3 Å². The number of benzene rings is 2. The second-order valence-electron chi connectivity index (χ2n) is 8.08. The number of amides is 1. The van der Waals surface area contributed by atoms with Gasteiger partial charge in [-0.2, -0.15) is 18.4 Å². The Bertz CT molecular complexity index is 1620. The zero-order valence-corrected chi connectivity index (χ0v) is 20.6. The fourth-order valence-corrected chi connectivity index (χ4v) is 4.25. The van der Waals surface area contributed by atoms with Gasteiger partial charge in [0.15, 0.2) is 0 Å². The maximum Gasteiger partial charge on any atom is 0.416 e. The van der Waals surface area contributed by atoms with Crippen LogP contribution in [0.5, 0.6) is 5.75 Å². The number of aromatic hydroxyl groups is 1. The molecule has 2 aromatic heterocycles. The van der Waals surface area contributed by atoms with Crippen molar-refractivity contribution in [1.29, 1.82) is 5.26 Å². The molecular formula is C26H16Cl2F3N3O4. The summed E-state index contributed by atoms with van der Waals surface area (Å²) >= 11 is 12.4. The Labute approximate surface area is 223 Å². The molecule has 0 aliphatic rings. The molecular weight excluding hydrogens is 546 g/mol. The molecule has 0 unspecified atom stereocenters. The molecule has 38 heavy (non-hydrogen) atoms. The average molecular weight is 562 g/mol. The number of alkyl halides is 3. The van der Waals surface area contributed by atoms with Gasteiger partial charge in [0.05, 0.1) is 23.1 Å². The first-order chi connectivity index (χ1) is 18.0. The molecule has 4 aromatic rings. The van der Waals surface area contributed by atoms with Gasteiger partial charge in [-0.25, -0.2) is 0 Å². The van der Waals surface area contributed by atoms with Crippen LogP contribution in [0.25, 0.3) is 22.4 Å². The van der Waals surface area contributed by atoms with Crippen molar-refractivity contribution in [2.75, 3.05) is 6.54 Å². The fourth-order valence-electron chi connectivity index (χ4n) is 3.79. The van der Waals surface area contributed by atoms with E-state index >= 15 is 0 Å². The summed E-state index contributed by atoms with van der Waals surface area (Å²) < 4.78 is 44.9. The largest absolute Gasteiger partial charge is 0.507 e. The van der Waals surface area contributed by atoms with Crippen LogP contribution in [0, 0.1) is 11.3 Å². The minimum Gasteiger partial charge on any atom is -0.507 e. The van der Waals surface area contributed by atoms with E-state index in [9.17, 15) is 33.1 Å². The van der Waals surface area contributed by atoms with E-state index in [1.807, 2.05) is 0 Å². The van der Waals surface area contributed by atoms with Gasteiger partial charge in [-0.1, -0.05) is 23.2 Å². The average Bonchev–Trinajstić information content (AvgIpc) is 3.40. The maximum atomic E-state index is 13.3. The number of rotatable bonds is 6. The number of nitrogens with zero attached hydrogens (tertiary/aromatic N) is 1. The van der Waals surface area contributed by atoms with Gasteiger partial charge in [0.1, 0.15) is 23.6 Å². The molecule has 2 aromatic carbocycles. The van der Waals surface area contributed by atoms with Crippen molar-refractivity contribution in [3.8, 4) is 34.2 Å². The second kappa shape index (κ2) is 10.7. The number of carbonyl (C=O) groups is 1. The highest BCUT2D eigenvalue weighted by atomic mass is 35.5. The van der Waals surface area contributed by atoms with Crippen LogP contribution in [0.1, 0.15) is 27.0 Å². The topological polar surface area (TPSA) is 119 Å². The van der Waals surface area contributed by atoms with Gasteiger partial charge in [-0.3, -0.25) is 9.59 Å². The van der Waals surface area contributed by atoms with Gasteiger partial charge in [0.25, 0.3) is 11.5 Å². The van der Waals surface area contributed by atoms with E-state index in [4.69, 9.17) is 27.6 Å². The molecule has 194 valence electrons. The lowest BCUT2D eigenvalue weighted by Gasteiger charge is -2.15. The number of phenols is 1. The van der Waals surface area contributed by atoms with Crippen LogP contribution in [0.3, 0.4) is 0 Å². The zero-order valence-electron chi connectivity index (χ0n) is 19.1. The van der Waals surface area contributed by atoms with Crippen molar-refractivity contribution in [3.63, 3.8) is 0 Å². The van der Waals surface area contributed by atoms with E-state index < -0.39 is 22.9 Å². The third-order valence-corrected chi connectivity index (χ3v) is 6.18. The van der Waals surface area contributed by atoms with Crippen molar-refractivity contribution < 1.29 is 27.5 Å². The molecule has 0 aliphatic carbocycles. The first-order valence-electron chi connectivity index (χ1n) is 10.9. The van der Waals surface area contributed by atoms with Gasteiger partial charge in [-0.15, -0.1) is 0 Å². The van der Waals surface area contributed by atoms with Crippen LogP contribution in [0.15, 0.2) is 64.2 Å². The van der Waals surface area contributed by atoms with E-state index in [-0.39, 0.29) is 57.1 Å². The minimum atomic E-state index is -4.69. The normalized spacial score (nSPS) is 11.3. The molecule has 0 spiro atoms. The third kappa shape index (κ3) is 5.54. The van der Waals surface area contributed by atoms with Crippen LogP contribution in [0.2, 0.25) is 10.0 Å². The maximum absolute atomic E-state index is 13.3. The predicted octanol–water partition coefficient (Wildman–Crippen LogP) is 6.18. The molecule has 3 N–H and O–H groups in total. The number of nitrogens with one attached hydrogen (secondary N) is 2. The smallest absolute Gasteiger partial charge is 0.416 e. The Morgan fingerprint density at radius 3 is 2.53 bits per heavy atom. The molecule has 0 bridgehead atoms. The van der Waals surface area contributed by atoms with Gasteiger partial charge in [0.2, 0.25) is 0 Å². The standard InChI is InChI=1S/C26H16Cl2F3N3O4/c27-16-7-13(3-5-33-24(36)14-4-6-38-12-14)23(35)19(9-16)22-10-17(20(11-32)25(37)34-22)18-8-15(26(29,30)31)1-2-21(18)28/h1-2,4,6-10,12,35H,3,5H2,(H,33,36)(H,34,37). The molecule has 0 saturated heterocycles. The van der Waals surface area contributed by atoms with Gasteiger partial charge >= 0.3 is 6.18 Å². The fraction of sp³-hybridized carbons (Fsp3) is 0.115. The number of H-pyrrole nitrogens is 1. The summed E-state index contributed by atoms with van der Waals surface area (Å²) in [6.45, 7) is 0.117. The number of carbonyl (C=O) groups excluding carboxylic acids is 1. The lowest BCUT2D eigenvalue weighted by molar-refractivity contribution is -0.137. The molecule has 4 rings (SSSR count). The zero-order chi connectivity index (χ0) is 27.6. The van der Waals surface area contributed by atoms with Crippen LogP contribution < -0.4 is 10.9 Å². The number of pyridine rings is 1. The lowest BCUT2D eigenvalue weighted by Crippen LogP contribution is -2.25. The molecule has 0 aliphatic heterocycles. The summed E-state index contributed by atoms with van der Waals surface area (Å²) in [5.41, 5.74) is -2.04. The summed E-state index contributed by atoms with van der Waals surface area (Å²) in [6.07, 6.45) is -1.91. The molecule has 0 atom stereocenters. The number of nitriles is 1. The summed E-state index contributed by atoms with van der Waals surface area (Å²) in [5, 5.41) is 23.2. The first-order valence-corrected chi connectivity index (χ1v) is 11.6. The number of aromatic nitrogens is 1. The Kier molecular flexibility index (Phi) is 7.53. The highest BCUT2D eigenvalue weighted by molar-refractivity contribution is 6.33. The Balaban J connectivity index is 1.75. The molecule has 0 saturated carbocycles. The summed E-state index contributed by atoms with van der Waals surface area (Å²) in [6, 6.07) is 9.79. The summed E-state index contributed by atoms with van der Waals surface area (Å²) in [4.78, 5) is 27.3. The monoisotopic (exact) mass is 561 g/mol. The second-order valence-corrected chi connectivity index (χ2v) is 8.93. The Morgan fingerprint density at radius 1 is 1.11 bits per heavy atom. The molecule has 12 heteroatoms. The van der Waals surface area contributed by atoms with E-state index in [0.29, 0.717) is 11.1 Å². The van der Waals surface area contributed by atoms with Crippen LogP contribution in [0.4, 0.5) is 13.2 Å². The summed E-state index contributed by atoms with van der Waals surface area (Å²) in [7, 11) is 0. The van der Waals surface area contributed by atoms with Gasteiger partial charge in [-0.05, 0) is 54.4 Å². The number of aromatic amines is 1. The minimum absolute atomic E-state index is 0.0128. The Morgan fingerprint density at radius 2 is 1.87 bits per heavy atom. The quantitative estimate of drug-likeness (QED) is 0.260. The molecule has 2 heterocycles. The van der Waals surface area contributed by atoms with E-state index in [0.717, 1.165) is 18.2 Å². The van der Waals surface area contributed by atoms with Crippen molar-refractivity contribution in [1.82, 2.24) is 10.3 Å². The summed E-state index contributed by atoms with van der Waals surface area (Å²) in [5.74, 6) is -0.673. The van der Waals surface area contributed by atoms with Crippen molar-refractivity contribution in [3.05, 3.63) is 97.6 Å². The highest BCUT2D eigenvalue weighted by Crippen LogP contribution is 2.39. The third-order valence-electron chi connectivity index (χ3n) is 5.64. The van der Waals surface area contributed by atoms with E-state index in [1.165, 1.54) is 36.8 Å². The Hall–Kier alpha value is -4.20. The van der Waals surface area contributed by atoms with E-state index in [1.54, 1.807) is 6.07 Å². The predicted molar refractivity (Wildman–Crippen MR) is 134 cm³/mol. The van der Waals surface area contributed by atoms with Crippen molar-refractivity contribution in [2.45, 2.75) is 12.6 Å². The molecule has 0 fully saturated rings. The van der Waals surface area contributed by atoms with Crippen molar-refractivity contribution >= 4 is 29.1 Å². The number of furan rings is 1.